The minimum Gasteiger partial charge on any atom is -0.397 e. The summed E-state index contributed by atoms with van der Waals surface area (Å²) in [5, 5.41) is 0.719. The van der Waals surface area contributed by atoms with Gasteiger partial charge in [-0.25, -0.2) is 4.98 Å². The maximum Gasteiger partial charge on any atom is 0.196 e. The molecule has 0 fully saturated rings. The number of hydrogen-bond acceptors (Lipinski definition) is 6. The molecule has 6 heteroatoms. The van der Waals surface area contributed by atoms with Crippen LogP contribution in [0.4, 0.5) is 5.69 Å². The van der Waals surface area contributed by atoms with Crippen molar-refractivity contribution in [1.29, 1.82) is 0 Å². The summed E-state index contributed by atoms with van der Waals surface area (Å²) in [6, 6.07) is 16.3. The maximum absolute atomic E-state index is 13.3. The topological polar surface area (TPSA) is 73.1 Å². The summed E-state index contributed by atoms with van der Waals surface area (Å²) in [6.07, 6.45) is 0. The van der Waals surface area contributed by atoms with Crippen LogP contribution in [0.3, 0.4) is 0 Å². The molecule has 0 bridgehead atoms. The van der Waals surface area contributed by atoms with Crippen LogP contribution in [-0.4, -0.2) is 16.6 Å². The third-order valence-corrected chi connectivity index (χ3v) is 6.21. The normalized spacial score (nSPS) is 12.9. The van der Waals surface area contributed by atoms with E-state index in [0.717, 1.165) is 15.2 Å². The zero-order chi connectivity index (χ0) is 18.7. The van der Waals surface area contributed by atoms with Crippen LogP contribution in [0.2, 0.25) is 0 Å². The number of hydrogen-bond donors (Lipinski definition) is 2. The van der Waals surface area contributed by atoms with Gasteiger partial charge in [0.1, 0.15) is 5.01 Å². The van der Waals surface area contributed by atoms with Gasteiger partial charge in [0, 0.05) is 27.1 Å². The number of aromatic nitrogens is 1. The van der Waals surface area contributed by atoms with E-state index >= 15 is 0 Å². The van der Waals surface area contributed by atoms with Crippen LogP contribution in [0, 0.1) is 0 Å². The molecule has 5 rings (SSSR count). The van der Waals surface area contributed by atoms with Crippen molar-refractivity contribution in [3.63, 3.8) is 0 Å². The molecule has 0 saturated heterocycles. The molecule has 1 aromatic heterocycles. The second kappa shape index (κ2) is 5.77. The lowest BCUT2D eigenvalue weighted by Crippen LogP contribution is -2.23. The van der Waals surface area contributed by atoms with Crippen LogP contribution in [0.25, 0.3) is 20.8 Å². The lowest BCUT2D eigenvalue weighted by Gasteiger charge is -2.21. The highest BCUT2D eigenvalue weighted by Gasteiger charge is 2.34. The van der Waals surface area contributed by atoms with Crippen LogP contribution in [-0.2, 0) is 0 Å². The van der Waals surface area contributed by atoms with Gasteiger partial charge in [0.15, 0.2) is 11.6 Å². The highest BCUT2D eigenvalue weighted by Crippen LogP contribution is 2.39. The number of benzene rings is 3. The molecule has 130 valence electrons. The number of nitrogen functional groups attached to an aromatic ring is 1. The number of rotatable bonds is 1. The largest absolute Gasteiger partial charge is 0.397 e. The van der Waals surface area contributed by atoms with Gasteiger partial charge >= 0.3 is 0 Å². The quantitative estimate of drug-likeness (QED) is 0.325. The third kappa shape index (κ3) is 2.27. The number of thiol groups is 1. The van der Waals surface area contributed by atoms with Gasteiger partial charge in [0.25, 0.3) is 0 Å². The van der Waals surface area contributed by atoms with Crippen molar-refractivity contribution in [2.45, 2.75) is 4.90 Å². The Morgan fingerprint density at radius 2 is 1.52 bits per heavy atom. The third-order valence-electron chi connectivity index (χ3n) is 4.75. The van der Waals surface area contributed by atoms with Crippen LogP contribution in [0.15, 0.2) is 59.5 Å². The van der Waals surface area contributed by atoms with Crippen molar-refractivity contribution < 1.29 is 9.59 Å². The molecule has 0 saturated carbocycles. The first-order valence-corrected chi connectivity index (χ1v) is 9.52. The molecule has 0 atom stereocenters. The van der Waals surface area contributed by atoms with Crippen LogP contribution in [0.1, 0.15) is 31.8 Å². The minimum absolute atomic E-state index is 0.213. The monoisotopic (exact) mass is 388 g/mol. The van der Waals surface area contributed by atoms with Crippen molar-refractivity contribution in [2.24, 2.45) is 0 Å². The van der Waals surface area contributed by atoms with Gasteiger partial charge in [-0.15, -0.1) is 24.0 Å². The van der Waals surface area contributed by atoms with Crippen LogP contribution >= 0.6 is 24.0 Å². The van der Waals surface area contributed by atoms with E-state index in [-0.39, 0.29) is 22.8 Å². The van der Waals surface area contributed by atoms with E-state index in [0.29, 0.717) is 27.1 Å². The molecular formula is C21H12N2O2S2. The van der Waals surface area contributed by atoms with Gasteiger partial charge in [0.05, 0.1) is 21.5 Å². The Labute approximate surface area is 164 Å². The van der Waals surface area contributed by atoms with E-state index < -0.39 is 0 Å². The predicted octanol–water partition coefficient (Wildman–Crippen LogP) is 4.61. The van der Waals surface area contributed by atoms with E-state index in [2.05, 4.69) is 17.6 Å². The predicted molar refractivity (Wildman–Crippen MR) is 110 cm³/mol. The molecular weight excluding hydrogens is 376 g/mol. The summed E-state index contributed by atoms with van der Waals surface area (Å²) >= 11 is 5.78. The maximum atomic E-state index is 13.3. The fraction of sp³-hybridized carbons (Fsp3) is 0. The van der Waals surface area contributed by atoms with Crippen LogP contribution < -0.4 is 5.73 Å². The number of anilines is 1. The Hall–Kier alpha value is -2.96. The number of fused-ring (bicyclic) bond motifs is 3. The number of nitrogens with zero attached hydrogens (tertiary/aromatic N) is 1. The SMILES string of the molecule is Nc1c(S)ccc2c1C(=O)c1cccc(-c3nc4ccccc4s3)c1C2=O. The van der Waals surface area contributed by atoms with E-state index in [1.165, 1.54) is 11.3 Å². The van der Waals surface area contributed by atoms with E-state index in [4.69, 9.17) is 5.73 Å². The summed E-state index contributed by atoms with van der Waals surface area (Å²) in [4.78, 5) is 31.5. The molecule has 0 aliphatic heterocycles. The number of thiazole rings is 1. The Morgan fingerprint density at radius 1 is 0.815 bits per heavy atom. The number of para-hydroxylation sites is 1. The second-order valence-corrected chi connectivity index (χ2v) is 7.81. The summed E-state index contributed by atoms with van der Waals surface area (Å²) in [7, 11) is 0. The molecule has 0 radical (unpaired) electrons. The smallest absolute Gasteiger partial charge is 0.196 e. The lowest BCUT2D eigenvalue weighted by molar-refractivity contribution is 0.0980. The van der Waals surface area contributed by atoms with Gasteiger partial charge in [0.2, 0.25) is 0 Å². The summed E-state index contributed by atoms with van der Waals surface area (Å²) < 4.78 is 1.03. The highest BCUT2D eigenvalue weighted by atomic mass is 32.1. The number of carbonyl (C=O) groups excluding carboxylic acids is 2. The molecule has 4 nitrogen and oxygen atoms in total. The van der Waals surface area contributed by atoms with Crippen molar-refractivity contribution in [3.05, 3.63) is 76.9 Å². The fourth-order valence-electron chi connectivity index (χ4n) is 3.46. The van der Waals surface area contributed by atoms with E-state index in [9.17, 15) is 9.59 Å². The zero-order valence-electron chi connectivity index (χ0n) is 13.9. The molecule has 1 aliphatic carbocycles. The average Bonchev–Trinajstić information content (AvgIpc) is 3.11. The van der Waals surface area contributed by atoms with Gasteiger partial charge in [-0.3, -0.25) is 9.59 Å². The second-order valence-electron chi connectivity index (χ2n) is 6.29. The van der Waals surface area contributed by atoms with E-state index in [1.807, 2.05) is 30.3 Å². The summed E-state index contributed by atoms with van der Waals surface area (Å²) in [5.74, 6) is -0.467. The van der Waals surface area contributed by atoms with Gasteiger partial charge in [-0.2, -0.15) is 0 Å². The van der Waals surface area contributed by atoms with Gasteiger partial charge in [-0.1, -0.05) is 30.3 Å². The standard InChI is InChI=1S/C21H12N2O2S2/c22-18-14(26)9-8-11-17(18)20(25)10-4-3-5-12(16(10)19(11)24)21-23-13-6-1-2-7-15(13)27-21/h1-9,26H,22H2. The number of nitrogens with two attached hydrogens (primary N) is 1. The average molecular weight is 388 g/mol. The van der Waals surface area contributed by atoms with Crippen molar-refractivity contribution in [3.8, 4) is 10.6 Å². The van der Waals surface area contributed by atoms with Crippen LogP contribution in [0.5, 0.6) is 0 Å². The number of carbonyl (C=O) groups is 2. The molecule has 1 aliphatic rings. The molecule has 0 spiro atoms. The first-order valence-electron chi connectivity index (χ1n) is 8.26. The minimum atomic E-state index is -0.254. The molecule has 3 aromatic carbocycles. The lowest BCUT2D eigenvalue weighted by atomic mass is 9.81. The van der Waals surface area contributed by atoms with Crippen molar-refractivity contribution in [1.82, 2.24) is 4.98 Å². The highest BCUT2D eigenvalue weighted by molar-refractivity contribution is 7.80. The molecule has 4 aromatic rings. The first-order chi connectivity index (χ1) is 13.1. The molecule has 0 unspecified atom stereocenters. The summed E-state index contributed by atoms with van der Waals surface area (Å²) in [5.41, 5.74) is 9.14. The Bertz CT molecular complexity index is 1260. The summed E-state index contributed by atoms with van der Waals surface area (Å²) in [6.45, 7) is 0. The number of ketones is 2. The molecule has 27 heavy (non-hydrogen) atoms. The van der Waals surface area contributed by atoms with Gasteiger partial charge < -0.3 is 5.73 Å². The molecule has 2 N–H and O–H groups in total. The van der Waals surface area contributed by atoms with Gasteiger partial charge in [-0.05, 0) is 24.3 Å². The zero-order valence-corrected chi connectivity index (χ0v) is 15.6. The molecule has 1 heterocycles. The van der Waals surface area contributed by atoms with E-state index in [1.54, 1.807) is 24.3 Å². The first kappa shape index (κ1) is 16.2. The van der Waals surface area contributed by atoms with Crippen molar-refractivity contribution in [2.75, 3.05) is 5.73 Å². The van der Waals surface area contributed by atoms with Crippen molar-refractivity contribution >= 4 is 51.4 Å². The Kier molecular flexibility index (Phi) is 3.47. The Morgan fingerprint density at radius 3 is 2.33 bits per heavy atom. The fourth-order valence-corrected chi connectivity index (χ4v) is 4.65. The Balaban J connectivity index is 1.78. The molecule has 0 amide bonds.